The average Bonchev–Trinajstić information content (AvgIpc) is 2.60. The molecule has 0 bridgehead atoms. The van der Waals surface area contributed by atoms with Crippen molar-refractivity contribution in [3.8, 4) is 5.75 Å². The fourth-order valence-electron chi connectivity index (χ4n) is 2.66. The van der Waals surface area contributed by atoms with E-state index in [9.17, 15) is 4.79 Å². The van der Waals surface area contributed by atoms with Gasteiger partial charge in [-0.25, -0.2) is 0 Å². The van der Waals surface area contributed by atoms with Gasteiger partial charge in [0, 0.05) is 7.05 Å². The number of carbonyl (C=O) groups excluding carboxylic acids is 1. The summed E-state index contributed by atoms with van der Waals surface area (Å²) in [5.74, 6) is 0.835. The number of aryl methyl sites for hydroxylation is 2. The second-order valence-electron chi connectivity index (χ2n) is 5.67. The summed E-state index contributed by atoms with van der Waals surface area (Å²) >= 11 is 3.58. The smallest absolute Gasteiger partial charge is 0.224 e. The van der Waals surface area contributed by atoms with E-state index in [2.05, 4.69) is 53.3 Å². The molecule has 0 fully saturated rings. The lowest BCUT2D eigenvalue weighted by atomic mass is 9.97. The lowest BCUT2D eigenvalue weighted by Gasteiger charge is -2.16. The third-order valence-electron chi connectivity index (χ3n) is 4.16. The van der Waals surface area contributed by atoms with Crippen LogP contribution in [0.1, 0.15) is 36.1 Å². The van der Waals surface area contributed by atoms with E-state index in [1.165, 1.54) is 11.1 Å². The van der Waals surface area contributed by atoms with E-state index in [4.69, 9.17) is 4.74 Å². The molecule has 4 heteroatoms. The monoisotopic (exact) mass is 389 g/mol. The number of hydrogen-bond acceptors (Lipinski definition) is 2. The van der Waals surface area contributed by atoms with E-state index in [0.717, 1.165) is 34.2 Å². The van der Waals surface area contributed by atoms with Gasteiger partial charge in [-0.2, -0.15) is 0 Å². The van der Waals surface area contributed by atoms with Crippen molar-refractivity contribution in [2.24, 2.45) is 0 Å². The molecular weight excluding hydrogens is 366 g/mol. The molecule has 0 spiro atoms. The van der Waals surface area contributed by atoms with E-state index in [-0.39, 0.29) is 5.91 Å². The minimum Gasteiger partial charge on any atom is -0.488 e. The van der Waals surface area contributed by atoms with E-state index in [1.807, 2.05) is 18.2 Å². The number of benzene rings is 2. The second-order valence-corrected chi connectivity index (χ2v) is 6.52. The maximum absolute atomic E-state index is 11.8. The van der Waals surface area contributed by atoms with Gasteiger partial charge < -0.3 is 10.1 Å². The third-order valence-corrected chi connectivity index (χ3v) is 4.78. The standard InChI is InChI=1S/C20H24BrNO2/c1-4-14-9-10-19(18(21)11-14)24-13-17-15(5-2)7-6-8-16(17)12-20(23)22-3/h6-11H,4-5,12-13H2,1-3H3,(H,22,23). The Hall–Kier alpha value is -1.81. The van der Waals surface area contributed by atoms with Gasteiger partial charge in [-0.3, -0.25) is 4.79 Å². The van der Waals surface area contributed by atoms with Crippen LogP contribution in [0.25, 0.3) is 0 Å². The summed E-state index contributed by atoms with van der Waals surface area (Å²) in [7, 11) is 1.66. The van der Waals surface area contributed by atoms with Gasteiger partial charge in [-0.05, 0) is 63.2 Å². The minimum atomic E-state index is 0.0120. The van der Waals surface area contributed by atoms with Crippen molar-refractivity contribution in [3.63, 3.8) is 0 Å². The predicted octanol–water partition coefficient (Wildman–Crippen LogP) is 4.44. The van der Waals surface area contributed by atoms with Gasteiger partial charge in [0.05, 0.1) is 10.9 Å². The topological polar surface area (TPSA) is 38.3 Å². The molecule has 0 unspecified atom stereocenters. The summed E-state index contributed by atoms with van der Waals surface area (Å²) < 4.78 is 7.00. The molecular formula is C20H24BrNO2. The molecule has 2 aromatic rings. The van der Waals surface area contributed by atoms with Crippen molar-refractivity contribution in [2.45, 2.75) is 39.7 Å². The normalized spacial score (nSPS) is 10.5. The van der Waals surface area contributed by atoms with Crippen LogP contribution in [0.2, 0.25) is 0 Å². The molecule has 0 atom stereocenters. The van der Waals surface area contributed by atoms with Gasteiger partial charge in [0.25, 0.3) is 0 Å². The Bertz CT molecular complexity index is 713. The number of ether oxygens (including phenoxy) is 1. The summed E-state index contributed by atoms with van der Waals surface area (Å²) in [5.41, 5.74) is 4.62. The van der Waals surface area contributed by atoms with Crippen LogP contribution >= 0.6 is 15.9 Å². The summed E-state index contributed by atoms with van der Waals surface area (Å²) in [6, 6.07) is 12.3. The first-order chi connectivity index (χ1) is 11.6. The average molecular weight is 390 g/mol. The van der Waals surface area contributed by atoms with Crippen molar-refractivity contribution in [3.05, 3.63) is 63.1 Å². The Morgan fingerprint density at radius 1 is 1.12 bits per heavy atom. The molecule has 1 amide bonds. The zero-order valence-corrected chi connectivity index (χ0v) is 16.1. The molecule has 0 aliphatic heterocycles. The van der Waals surface area contributed by atoms with Crippen molar-refractivity contribution in [1.82, 2.24) is 5.32 Å². The highest BCUT2D eigenvalue weighted by atomic mass is 79.9. The van der Waals surface area contributed by atoms with Gasteiger partial charge in [-0.1, -0.05) is 38.1 Å². The first-order valence-corrected chi connectivity index (χ1v) is 9.09. The van der Waals surface area contributed by atoms with Gasteiger partial charge in [0.1, 0.15) is 12.4 Å². The van der Waals surface area contributed by atoms with E-state index < -0.39 is 0 Å². The first kappa shape index (κ1) is 18.5. The SMILES string of the molecule is CCc1ccc(OCc2c(CC)cccc2CC(=O)NC)c(Br)c1. The van der Waals surface area contributed by atoms with Gasteiger partial charge in [-0.15, -0.1) is 0 Å². The molecule has 24 heavy (non-hydrogen) atoms. The van der Waals surface area contributed by atoms with Crippen LogP contribution in [0.5, 0.6) is 5.75 Å². The van der Waals surface area contributed by atoms with Crippen molar-refractivity contribution < 1.29 is 9.53 Å². The second kappa shape index (κ2) is 8.88. The molecule has 2 aromatic carbocycles. The number of carbonyl (C=O) groups is 1. The first-order valence-electron chi connectivity index (χ1n) is 8.30. The molecule has 0 heterocycles. The van der Waals surface area contributed by atoms with Crippen molar-refractivity contribution >= 4 is 21.8 Å². The van der Waals surface area contributed by atoms with Crippen molar-refractivity contribution in [1.29, 1.82) is 0 Å². The molecule has 0 saturated heterocycles. The maximum atomic E-state index is 11.8. The molecule has 0 aromatic heterocycles. The molecule has 3 nitrogen and oxygen atoms in total. The Kier molecular flexibility index (Phi) is 6.85. The number of nitrogens with one attached hydrogen (secondary N) is 1. The fourth-order valence-corrected chi connectivity index (χ4v) is 3.20. The van der Waals surface area contributed by atoms with Crippen LogP contribution in [0, 0.1) is 0 Å². The quantitative estimate of drug-likeness (QED) is 0.759. The Labute approximate surface area is 152 Å². The molecule has 2 rings (SSSR count). The summed E-state index contributed by atoms with van der Waals surface area (Å²) in [4.78, 5) is 11.8. The molecule has 128 valence electrons. The zero-order valence-electron chi connectivity index (χ0n) is 14.5. The zero-order chi connectivity index (χ0) is 17.5. The number of halogens is 1. The number of amides is 1. The van der Waals surface area contributed by atoms with Gasteiger partial charge >= 0.3 is 0 Å². The number of rotatable bonds is 7. The van der Waals surface area contributed by atoms with E-state index in [1.54, 1.807) is 7.05 Å². The summed E-state index contributed by atoms with van der Waals surface area (Å²) in [6.07, 6.45) is 2.28. The van der Waals surface area contributed by atoms with Crippen LogP contribution in [0.4, 0.5) is 0 Å². The largest absolute Gasteiger partial charge is 0.488 e. The van der Waals surface area contributed by atoms with Gasteiger partial charge in [0.2, 0.25) is 5.91 Å². The molecule has 1 N–H and O–H groups in total. The third kappa shape index (κ3) is 4.60. The fraction of sp³-hybridized carbons (Fsp3) is 0.350. The summed E-state index contributed by atoms with van der Waals surface area (Å²) in [6.45, 7) is 4.71. The Morgan fingerprint density at radius 3 is 2.50 bits per heavy atom. The van der Waals surface area contributed by atoms with Crippen molar-refractivity contribution in [2.75, 3.05) is 7.05 Å². The highest BCUT2D eigenvalue weighted by molar-refractivity contribution is 9.10. The Morgan fingerprint density at radius 2 is 1.88 bits per heavy atom. The lowest BCUT2D eigenvalue weighted by molar-refractivity contribution is -0.119. The lowest BCUT2D eigenvalue weighted by Crippen LogP contribution is -2.21. The molecule has 0 saturated carbocycles. The molecule has 0 aliphatic rings. The van der Waals surface area contributed by atoms with E-state index >= 15 is 0 Å². The van der Waals surface area contributed by atoms with E-state index in [0.29, 0.717) is 13.0 Å². The highest BCUT2D eigenvalue weighted by Gasteiger charge is 2.12. The Balaban J connectivity index is 2.23. The summed E-state index contributed by atoms with van der Waals surface area (Å²) in [5, 5.41) is 2.69. The highest BCUT2D eigenvalue weighted by Crippen LogP contribution is 2.28. The number of hydrogen-bond donors (Lipinski definition) is 1. The van der Waals surface area contributed by atoms with Crippen LogP contribution in [0.15, 0.2) is 40.9 Å². The van der Waals surface area contributed by atoms with Crippen LogP contribution < -0.4 is 10.1 Å². The van der Waals surface area contributed by atoms with Crippen LogP contribution in [-0.2, 0) is 30.7 Å². The number of likely N-dealkylation sites (N-methyl/N-ethyl adjacent to an activating group) is 1. The van der Waals surface area contributed by atoms with Crippen LogP contribution in [-0.4, -0.2) is 13.0 Å². The predicted molar refractivity (Wildman–Crippen MR) is 101 cm³/mol. The molecule has 0 radical (unpaired) electrons. The van der Waals surface area contributed by atoms with Gasteiger partial charge in [0.15, 0.2) is 0 Å². The van der Waals surface area contributed by atoms with Crippen LogP contribution in [0.3, 0.4) is 0 Å². The maximum Gasteiger partial charge on any atom is 0.224 e. The minimum absolute atomic E-state index is 0.0120. The molecule has 0 aliphatic carbocycles.